The summed E-state index contributed by atoms with van der Waals surface area (Å²) < 4.78 is 0. The normalized spacial score (nSPS) is 15.1. The van der Waals surface area contributed by atoms with E-state index >= 15 is 0 Å². The summed E-state index contributed by atoms with van der Waals surface area (Å²) >= 11 is 1.32. The van der Waals surface area contributed by atoms with Gasteiger partial charge in [0.25, 0.3) is 17.7 Å². The molecule has 1 aromatic rings. The SMILES string of the molecule is C=C(C)C[C@@H](C)NC(=O)c1csc([C@@H](C[C@H](C(C)C)N(C)C(=O)CC(C)C)NC(=O)CCCCCN2C(=O)C=CC2=O)n1. The minimum atomic E-state index is -0.487. The Morgan fingerprint density at radius 1 is 1.00 bits per heavy atom. The molecule has 0 unspecified atom stereocenters. The molecule has 10 nitrogen and oxygen atoms in total. The van der Waals surface area contributed by atoms with Gasteiger partial charge in [-0.1, -0.05) is 39.7 Å². The summed E-state index contributed by atoms with van der Waals surface area (Å²) in [6.07, 6.45) is 6.24. The number of nitrogens with one attached hydrogen (secondary N) is 2. The molecule has 0 radical (unpaired) electrons. The van der Waals surface area contributed by atoms with Gasteiger partial charge >= 0.3 is 0 Å². The molecule has 1 aromatic heterocycles. The van der Waals surface area contributed by atoms with Crippen molar-refractivity contribution in [3.8, 4) is 0 Å². The first-order valence-electron chi connectivity index (χ1n) is 15.2. The molecule has 0 spiro atoms. The molecule has 1 aliphatic rings. The zero-order valence-electron chi connectivity index (χ0n) is 26.8. The number of imide groups is 1. The fraction of sp³-hybridized carbons (Fsp3) is 0.625. The summed E-state index contributed by atoms with van der Waals surface area (Å²) in [5.41, 5.74) is 1.26. The molecule has 1 aliphatic heterocycles. The lowest BCUT2D eigenvalue weighted by Gasteiger charge is -2.34. The van der Waals surface area contributed by atoms with Crippen LogP contribution in [0.3, 0.4) is 0 Å². The number of nitrogens with zero attached hydrogens (tertiary/aromatic N) is 3. The van der Waals surface area contributed by atoms with E-state index in [1.54, 1.807) is 10.3 Å². The van der Waals surface area contributed by atoms with Crippen molar-refractivity contribution in [1.82, 2.24) is 25.4 Å². The predicted octanol–water partition coefficient (Wildman–Crippen LogP) is 4.79. The Balaban J connectivity index is 2.12. The Morgan fingerprint density at radius 3 is 2.23 bits per heavy atom. The molecule has 0 bridgehead atoms. The van der Waals surface area contributed by atoms with Gasteiger partial charge in [-0.05, 0) is 51.4 Å². The maximum absolute atomic E-state index is 13.1. The zero-order chi connectivity index (χ0) is 32.3. The van der Waals surface area contributed by atoms with Crippen LogP contribution in [0, 0.1) is 11.8 Å². The van der Waals surface area contributed by atoms with Crippen LogP contribution < -0.4 is 10.6 Å². The lowest BCUT2D eigenvalue weighted by molar-refractivity contribution is -0.137. The van der Waals surface area contributed by atoms with Crippen molar-refractivity contribution in [2.75, 3.05) is 13.6 Å². The average Bonchev–Trinajstić information content (AvgIpc) is 3.52. The van der Waals surface area contributed by atoms with Crippen LogP contribution in [-0.4, -0.2) is 70.0 Å². The molecule has 0 saturated heterocycles. The molecule has 5 amide bonds. The van der Waals surface area contributed by atoms with Crippen LogP contribution in [-0.2, 0) is 19.2 Å². The molecule has 11 heteroatoms. The standard InChI is InChI=1S/C32H49N5O5S/c1-20(2)16-23(7)33-31(42)25-19-43-32(35-25)24(18-26(22(5)6)36(8)30(41)17-21(3)4)34-27(38)12-10-9-11-15-37-28(39)13-14-29(37)40/h13-14,19,21-24,26H,1,9-12,15-18H2,2-8H3,(H,33,42)(H,34,38)/t23-,24-,26-/m1/s1. The van der Waals surface area contributed by atoms with Gasteiger partial charge in [0.05, 0.1) is 6.04 Å². The van der Waals surface area contributed by atoms with Crippen LogP contribution in [0.2, 0.25) is 0 Å². The number of hydrogen-bond acceptors (Lipinski definition) is 7. The second-order valence-corrected chi connectivity index (χ2v) is 13.2. The summed E-state index contributed by atoms with van der Waals surface area (Å²) in [6.45, 7) is 16.2. The van der Waals surface area contributed by atoms with Crippen LogP contribution in [0.5, 0.6) is 0 Å². The van der Waals surface area contributed by atoms with Gasteiger partial charge < -0.3 is 15.5 Å². The first-order valence-corrected chi connectivity index (χ1v) is 16.1. The summed E-state index contributed by atoms with van der Waals surface area (Å²) in [7, 11) is 1.81. The molecule has 43 heavy (non-hydrogen) atoms. The van der Waals surface area contributed by atoms with Crippen molar-refractivity contribution in [3.05, 3.63) is 40.4 Å². The van der Waals surface area contributed by atoms with Crippen LogP contribution in [0.15, 0.2) is 29.7 Å². The van der Waals surface area contributed by atoms with Gasteiger partial charge in [-0.2, -0.15) is 0 Å². The molecular formula is C32H49N5O5S. The Labute approximate surface area is 260 Å². The Morgan fingerprint density at radius 2 is 1.65 bits per heavy atom. The maximum Gasteiger partial charge on any atom is 0.270 e. The number of hydrogen-bond donors (Lipinski definition) is 2. The van der Waals surface area contributed by atoms with E-state index in [0.29, 0.717) is 55.8 Å². The van der Waals surface area contributed by atoms with E-state index in [4.69, 9.17) is 0 Å². The van der Waals surface area contributed by atoms with Gasteiger partial charge in [-0.15, -0.1) is 17.9 Å². The number of amides is 5. The third-order valence-electron chi connectivity index (χ3n) is 7.33. The summed E-state index contributed by atoms with van der Waals surface area (Å²) in [5.74, 6) is -0.645. The van der Waals surface area contributed by atoms with Crippen LogP contribution in [0.1, 0.15) is 108 Å². The Kier molecular flexibility index (Phi) is 14.2. The third-order valence-corrected chi connectivity index (χ3v) is 8.29. The number of thiazole rings is 1. The van der Waals surface area contributed by atoms with Crippen molar-refractivity contribution in [2.45, 2.75) is 105 Å². The molecule has 0 fully saturated rings. The molecule has 2 rings (SSSR count). The lowest BCUT2D eigenvalue weighted by Crippen LogP contribution is -2.44. The van der Waals surface area contributed by atoms with E-state index in [-0.39, 0.29) is 59.9 Å². The number of unbranched alkanes of at least 4 members (excludes halogenated alkanes) is 2. The Bertz CT molecular complexity index is 1170. The molecule has 2 N–H and O–H groups in total. The summed E-state index contributed by atoms with van der Waals surface area (Å²) in [6, 6.07) is -0.730. The van der Waals surface area contributed by atoms with E-state index in [1.807, 2.05) is 34.7 Å². The molecular weight excluding hydrogens is 566 g/mol. The molecule has 238 valence electrons. The minimum absolute atomic E-state index is 0.0506. The highest BCUT2D eigenvalue weighted by atomic mass is 32.1. The van der Waals surface area contributed by atoms with Crippen molar-refractivity contribution in [3.63, 3.8) is 0 Å². The quantitative estimate of drug-likeness (QED) is 0.139. The molecule has 2 heterocycles. The van der Waals surface area contributed by atoms with Gasteiger partial charge in [0.2, 0.25) is 11.8 Å². The molecule has 0 saturated carbocycles. The van der Waals surface area contributed by atoms with E-state index in [0.717, 1.165) is 5.57 Å². The monoisotopic (exact) mass is 615 g/mol. The van der Waals surface area contributed by atoms with Crippen LogP contribution >= 0.6 is 11.3 Å². The fourth-order valence-electron chi connectivity index (χ4n) is 5.09. The second kappa shape index (κ2) is 17.1. The predicted molar refractivity (Wildman–Crippen MR) is 169 cm³/mol. The second-order valence-electron chi connectivity index (χ2n) is 12.3. The summed E-state index contributed by atoms with van der Waals surface area (Å²) in [4.78, 5) is 70.0. The largest absolute Gasteiger partial charge is 0.348 e. The highest BCUT2D eigenvalue weighted by Crippen LogP contribution is 2.28. The zero-order valence-corrected chi connectivity index (χ0v) is 27.6. The minimum Gasteiger partial charge on any atom is -0.348 e. The number of rotatable bonds is 18. The third kappa shape index (κ3) is 11.7. The van der Waals surface area contributed by atoms with Crippen LogP contribution in [0.4, 0.5) is 0 Å². The van der Waals surface area contributed by atoms with Gasteiger partial charge in [-0.25, -0.2) is 4.98 Å². The topological polar surface area (TPSA) is 129 Å². The van der Waals surface area contributed by atoms with Crippen molar-refractivity contribution in [1.29, 1.82) is 0 Å². The van der Waals surface area contributed by atoms with Crippen molar-refractivity contribution >= 4 is 40.9 Å². The molecule has 3 atom stereocenters. The smallest absolute Gasteiger partial charge is 0.270 e. The molecule has 0 aliphatic carbocycles. The van der Waals surface area contributed by atoms with Crippen molar-refractivity contribution < 1.29 is 24.0 Å². The summed E-state index contributed by atoms with van der Waals surface area (Å²) in [5, 5.41) is 8.38. The van der Waals surface area contributed by atoms with Gasteiger partial charge in [0.1, 0.15) is 10.7 Å². The van der Waals surface area contributed by atoms with E-state index in [1.165, 1.54) is 28.4 Å². The van der Waals surface area contributed by atoms with Gasteiger partial charge in [0.15, 0.2) is 0 Å². The number of carbonyl (C=O) groups excluding carboxylic acids is 5. The maximum atomic E-state index is 13.1. The highest BCUT2D eigenvalue weighted by Gasteiger charge is 2.30. The first-order chi connectivity index (χ1) is 20.2. The first kappa shape index (κ1) is 35.9. The van der Waals surface area contributed by atoms with E-state index < -0.39 is 6.04 Å². The van der Waals surface area contributed by atoms with E-state index in [9.17, 15) is 24.0 Å². The lowest BCUT2D eigenvalue weighted by atomic mass is 9.94. The average molecular weight is 616 g/mol. The van der Waals surface area contributed by atoms with Gasteiger partial charge in [-0.3, -0.25) is 28.9 Å². The van der Waals surface area contributed by atoms with E-state index in [2.05, 4.69) is 36.0 Å². The van der Waals surface area contributed by atoms with Gasteiger partial charge in [0, 0.05) is 56.0 Å². The highest BCUT2D eigenvalue weighted by molar-refractivity contribution is 7.09. The van der Waals surface area contributed by atoms with Crippen molar-refractivity contribution in [2.24, 2.45) is 11.8 Å². The Hall–Kier alpha value is -3.34. The molecule has 0 aromatic carbocycles. The number of carbonyl (C=O) groups is 5. The van der Waals surface area contributed by atoms with Crippen LogP contribution in [0.25, 0.3) is 0 Å². The number of aromatic nitrogens is 1. The fourth-order valence-corrected chi connectivity index (χ4v) is 5.95.